The van der Waals surface area contributed by atoms with Gasteiger partial charge in [-0.3, -0.25) is 4.79 Å². The smallest absolute Gasteiger partial charge is 0.236 e. The number of carbonyl (C=O) groups is 1. The highest BCUT2D eigenvalue weighted by Crippen LogP contribution is 1.80. The molecule has 0 radical (unpaired) electrons. The summed E-state index contributed by atoms with van der Waals surface area (Å²) in [7, 11) is 0. The van der Waals surface area contributed by atoms with Gasteiger partial charge in [0.05, 0.1) is 5.88 Å². The first-order chi connectivity index (χ1) is 4.68. The van der Waals surface area contributed by atoms with Crippen molar-refractivity contribution >= 4 is 28.4 Å². The summed E-state index contributed by atoms with van der Waals surface area (Å²) in [5, 5.41) is -0.508. The Bertz CT molecular complexity index is 78.0. The molecule has 10 heavy (non-hydrogen) atoms. The molecule has 62 valence electrons. The number of alkyl halides is 1. The van der Waals surface area contributed by atoms with Gasteiger partial charge in [-0.2, -0.15) is 0 Å². The van der Waals surface area contributed by atoms with Gasteiger partial charge in [-0.15, -0.1) is 11.6 Å². The first-order valence-electron chi connectivity index (χ1n) is 2.83. The Labute approximate surface area is 70.7 Å². The predicted molar refractivity (Wildman–Crippen MR) is 44.3 cm³/mol. The van der Waals surface area contributed by atoms with Crippen LogP contribution in [0.4, 0.5) is 0 Å². The van der Waals surface area contributed by atoms with E-state index in [1.807, 2.05) is 0 Å². The summed E-state index contributed by atoms with van der Waals surface area (Å²) in [6.07, 6.45) is 0.944. The van der Waals surface area contributed by atoms with E-state index in [1.165, 1.54) is 0 Å². The Balaban J connectivity index is 0. The number of nitrogens with two attached hydrogens (primary N) is 2. The third-order valence-corrected chi connectivity index (χ3v) is 1.03. The Morgan fingerprint density at radius 1 is 1.30 bits per heavy atom. The Morgan fingerprint density at radius 3 is 1.60 bits per heavy atom. The van der Waals surface area contributed by atoms with Crippen LogP contribution in [0.15, 0.2) is 0 Å². The summed E-state index contributed by atoms with van der Waals surface area (Å²) >= 11 is 9.55. The van der Waals surface area contributed by atoms with E-state index in [0.717, 1.165) is 19.5 Å². The zero-order valence-electron chi connectivity index (χ0n) is 5.65. The van der Waals surface area contributed by atoms with Gasteiger partial charge in [0.1, 0.15) is 0 Å². The van der Waals surface area contributed by atoms with Crippen LogP contribution in [-0.2, 0) is 4.79 Å². The van der Waals surface area contributed by atoms with Crippen LogP contribution in [0.2, 0.25) is 0 Å². The van der Waals surface area contributed by atoms with Gasteiger partial charge in [0.2, 0.25) is 5.24 Å². The molecule has 4 N–H and O–H groups in total. The standard InChI is InChI=1S/C3H10N2.C2H2Cl2O/c4-2-1-3-5;3-1-2(4)5/h1-5H2;1H2. The summed E-state index contributed by atoms with van der Waals surface area (Å²) in [5.41, 5.74) is 10.1. The molecule has 0 aliphatic heterocycles. The minimum atomic E-state index is -0.508. The van der Waals surface area contributed by atoms with Gasteiger partial charge in [0.15, 0.2) is 0 Å². The number of rotatable bonds is 3. The van der Waals surface area contributed by atoms with Gasteiger partial charge in [-0.1, -0.05) is 0 Å². The molecule has 0 saturated carbocycles. The fourth-order valence-corrected chi connectivity index (χ4v) is 0.118. The predicted octanol–water partition coefficient (Wildman–Crippen LogP) is 0.284. The monoisotopic (exact) mass is 186 g/mol. The lowest BCUT2D eigenvalue weighted by molar-refractivity contribution is -0.109. The van der Waals surface area contributed by atoms with Gasteiger partial charge in [0, 0.05) is 0 Å². The molecule has 0 aliphatic rings. The second-order valence-corrected chi connectivity index (χ2v) is 2.11. The maximum Gasteiger partial charge on any atom is 0.236 e. The van der Waals surface area contributed by atoms with Crippen LogP contribution in [0, 0.1) is 0 Å². The molecule has 0 aromatic rings. The third kappa shape index (κ3) is 24.2. The van der Waals surface area contributed by atoms with Crippen molar-refractivity contribution < 1.29 is 4.79 Å². The van der Waals surface area contributed by atoms with Crippen molar-refractivity contribution in [3.05, 3.63) is 0 Å². The van der Waals surface area contributed by atoms with Crippen molar-refractivity contribution in [2.75, 3.05) is 19.0 Å². The van der Waals surface area contributed by atoms with E-state index in [2.05, 4.69) is 0 Å². The van der Waals surface area contributed by atoms with Crippen LogP contribution < -0.4 is 11.5 Å². The van der Waals surface area contributed by atoms with Gasteiger partial charge in [-0.05, 0) is 31.1 Å². The van der Waals surface area contributed by atoms with E-state index in [0.29, 0.717) is 0 Å². The molecule has 0 rings (SSSR count). The summed E-state index contributed by atoms with van der Waals surface area (Å²) in [5.74, 6) is -0.0957. The zero-order valence-corrected chi connectivity index (χ0v) is 7.16. The number of hydrogen-bond acceptors (Lipinski definition) is 3. The van der Waals surface area contributed by atoms with E-state index < -0.39 is 5.24 Å². The molecular formula is C5H12Cl2N2O. The van der Waals surface area contributed by atoms with E-state index >= 15 is 0 Å². The highest BCUT2D eigenvalue weighted by molar-refractivity contribution is 6.67. The summed E-state index contributed by atoms with van der Waals surface area (Å²) < 4.78 is 0. The lowest BCUT2D eigenvalue weighted by Crippen LogP contribution is -2.06. The largest absolute Gasteiger partial charge is 0.330 e. The average molecular weight is 187 g/mol. The van der Waals surface area contributed by atoms with Gasteiger partial charge < -0.3 is 11.5 Å². The van der Waals surface area contributed by atoms with E-state index in [1.54, 1.807) is 0 Å². The molecule has 0 amide bonds. The van der Waals surface area contributed by atoms with E-state index in [-0.39, 0.29) is 5.88 Å². The van der Waals surface area contributed by atoms with Crippen LogP contribution >= 0.6 is 23.2 Å². The highest BCUT2D eigenvalue weighted by Gasteiger charge is 1.83. The zero-order chi connectivity index (χ0) is 8.41. The Hall–Kier alpha value is 0.170. The van der Waals surface area contributed by atoms with Gasteiger partial charge in [-0.25, -0.2) is 0 Å². The van der Waals surface area contributed by atoms with Crippen LogP contribution in [0.1, 0.15) is 6.42 Å². The normalized spacial score (nSPS) is 8.00. The molecule has 0 atom stereocenters. The molecular weight excluding hydrogens is 175 g/mol. The molecule has 0 aliphatic carbocycles. The second-order valence-electron chi connectivity index (χ2n) is 1.42. The summed E-state index contributed by atoms with van der Waals surface area (Å²) in [4.78, 5) is 9.45. The minimum absolute atomic E-state index is 0.0957. The van der Waals surface area contributed by atoms with Crippen molar-refractivity contribution in [2.45, 2.75) is 6.42 Å². The van der Waals surface area contributed by atoms with Crippen LogP contribution in [0.3, 0.4) is 0 Å². The quantitative estimate of drug-likeness (QED) is 0.492. The van der Waals surface area contributed by atoms with Gasteiger partial charge >= 0.3 is 0 Å². The summed E-state index contributed by atoms with van der Waals surface area (Å²) in [6, 6.07) is 0. The fraction of sp³-hybridized carbons (Fsp3) is 0.800. The highest BCUT2D eigenvalue weighted by atomic mass is 35.5. The molecule has 0 fully saturated rings. The second kappa shape index (κ2) is 11.9. The molecule has 0 bridgehead atoms. The maximum atomic E-state index is 9.45. The van der Waals surface area contributed by atoms with Crippen LogP contribution in [0.5, 0.6) is 0 Å². The Kier molecular flexibility index (Phi) is 15.3. The van der Waals surface area contributed by atoms with Crippen LogP contribution in [0.25, 0.3) is 0 Å². The lowest BCUT2D eigenvalue weighted by Gasteiger charge is -1.81. The maximum absolute atomic E-state index is 9.45. The van der Waals surface area contributed by atoms with E-state index in [9.17, 15) is 4.79 Å². The average Bonchev–Trinajstić information content (AvgIpc) is 1.91. The van der Waals surface area contributed by atoms with Crippen molar-refractivity contribution in [3.63, 3.8) is 0 Å². The van der Waals surface area contributed by atoms with Crippen LogP contribution in [-0.4, -0.2) is 24.2 Å². The molecule has 0 saturated heterocycles. The molecule has 0 aromatic carbocycles. The molecule has 0 unspecified atom stereocenters. The number of carbonyl (C=O) groups excluding carboxylic acids is 1. The molecule has 5 heteroatoms. The molecule has 0 heterocycles. The molecule has 0 aromatic heterocycles. The first kappa shape index (κ1) is 12.8. The van der Waals surface area contributed by atoms with Crippen molar-refractivity contribution in [1.82, 2.24) is 0 Å². The lowest BCUT2D eigenvalue weighted by atomic mass is 10.4. The first-order valence-corrected chi connectivity index (χ1v) is 3.74. The minimum Gasteiger partial charge on any atom is -0.330 e. The SMILES string of the molecule is NCCCN.O=C(Cl)CCl. The third-order valence-electron chi connectivity index (χ3n) is 0.513. The molecule has 3 nitrogen and oxygen atoms in total. The van der Waals surface area contributed by atoms with Gasteiger partial charge in [0.25, 0.3) is 0 Å². The summed E-state index contributed by atoms with van der Waals surface area (Å²) in [6.45, 7) is 1.44. The van der Waals surface area contributed by atoms with E-state index in [4.69, 9.17) is 34.7 Å². The number of hydrogen-bond donors (Lipinski definition) is 2. The fourth-order valence-electron chi connectivity index (χ4n) is 0.118. The van der Waals surface area contributed by atoms with Crippen molar-refractivity contribution in [1.29, 1.82) is 0 Å². The number of halogens is 2. The van der Waals surface area contributed by atoms with Crippen molar-refractivity contribution in [2.24, 2.45) is 11.5 Å². The molecule has 0 spiro atoms. The van der Waals surface area contributed by atoms with Crippen molar-refractivity contribution in [3.8, 4) is 0 Å². The topological polar surface area (TPSA) is 69.1 Å². The Morgan fingerprint density at radius 2 is 1.60 bits per heavy atom.